The predicted octanol–water partition coefficient (Wildman–Crippen LogP) is 4.71. The van der Waals surface area contributed by atoms with Crippen molar-refractivity contribution >= 4 is 5.97 Å². The van der Waals surface area contributed by atoms with E-state index in [9.17, 15) is 14.3 Å². The first-order chi connectivity index (χ1) is 14.4. The number of rotatable bonds is 9. The van der Waals surface area contributed by atoms with Crippen LogP contribution in [0.15, 0.2) is 46.9 Å². The van der Waals surface area contributed by atoms with Gasteiger partial charge in [-0.25, -0.2) is 14.2 Å². The molecule has 0 unspecified atom stereocenters. The van der Waals surface area contributed by atoms with Crippen LogP contribution < -0.4 is 4.74 Å². The van der Waals surface area contributed by atoms with Gasteiger partial charge >= 0.3 is 5.97 Å². The lowest BCUT2D eigenvalue weighted by Crippen LogP contribution is -2.26. The van der Waals surface area contributed by atoms with Crippen LogP contribution in [0.25, 0.3) is 11.5 Å². The Bertz CT molecular complexity index is 1010. The van der Waals surface area contributed by atoms with E-state index in [1.54, 1.807) is 32.0 Å². The number of ether oxygens (including phenoxy) is 2. The second-order valence-corrected chi connectivity index (χ2v) is 6.89. The molecule has 1 N–H and O–H groups in total. The van der Waals surface area contributed by atoms with Crippen molar-refractivity contribution in [1.82, 2.24) is 4.98 Å². The van der Waals surface area contributed by atoms with Gasteiger partial charge in [0.25, 0.3) is 0 Å². The lowest BCUT2D eigenvalue weighted by molar-refractivity contribution is -0.149. The summed E-state index contributed by atoms with van der Waals surface area (Å²) < 4.78 is 29.9. The number of carboxylic acid groups (broad SMARTS) is 1. The summed E-state index contributed by atoms with van der Waals surface area (Å²) in [5.74, 6) is 0.387. The minimum Gasteiger partial charge on any atom is -0.487 e. The van der Waals surface area contributed by atoms with Crippen molar-refractivity contribution in [1.29, 1.82) is 0 Å². The minimum atomic E-state index is -0.977. The van der Waals surface area contributed by atoms with Gasteiger partial charge in [0.2, 0.25) is 5.89 Å². The van der Waals surface area contributed by atoms with Gasteiger partial charge in [0, 0.05) is 18.6 Å². The lowest BCUT2D eigenvalue weighted by atomic mass is 10.0. The van der Waals surface area contributed by atoms with Crippen LogP contribution in [0.4, 0.5) is 4.39 Å². The third kappa shape index (κ3) is 5.24. The highest BCUT2D eigenvalue weighted by atomic mass is 19.1. The molecule has 0 saturated heterocycles. The molecule has 6 nitrogen and oxygen atoms in total. The summed E-state index contributed by atoms with van der Waals surface area (Å²) in [6.45, 7) is 6.03. The molecule has 158 valence electrons. The molecule has 0 spiro atoms. The van der Waals surface area contributed by atoms with Gasteiger partial charge in [0.1, 0.15) is 29.6 Å². The summed E-state index contributed by atoms with van der Waals surface area (Å²) in [7, 11) is 0. The average Bonchev–Trinajstić information content (AvgIpc) is 3.08. The molecule has 0 saturated carbocycles. The van der Waals surface area contributed by atoms with Crippen molar-refractivity contribution in [3.63, 3.8) is 0 Å². The maximum atomic E-state index is 13.1. The van der Waals surface area contributed by atoms with E-state index in [2.05, 4.69) is 4.98 Å². The van der Waals surface area contributed by atoms with Crippen LogP contribution in [0.5, 0.6) is 5.75 Å². The highest BCUT2D eigenvalue weighted by molar-refractivity contribution is 5.72. The maximum absolute atomic E-state index is 13.1. The molecule has 0 bridgehead atoms. The van der Waals surface area contributed by atoms with E-state index in [0.29, 0.717) is 41.7 Å². The van der Waals surface area contributed by atoms with E-state index in [-0.39, 0.29) is 12.4 Å². The standard InChI is InChI=1S/C23H24FNO5/c1-4-28-21(23(26)27)12-17-7-10-19(11-14(17)2)29-13-20-15(3)30-22(25-20)16-5-8-18(24)9-6-16/h5-11,21H,4,12-13H2,1-3H3,(H,26,27)/t21-/m0/s1. The minimum absolute atomic E-state index is 0.214. The van der Waals surface area contributed by atoms with Crippen molar-refractivity contribution in [3.05, 3.63) is 70.9 Å². The molecule has 2 aromatic carbocycles. The molecule has 3 aromatic rings. The lowest BCUT2D eigenvalue weighted by Gasteiger charge is -2.15. The highest BCUT2D eigenvalue weighted by Crippen LogP contribution is 2.24. The van der Waals surface area contributed by atoms with Crippen LogP contribution >= 0.6 is 0 Å². The Hall–Kier alpha value is -3.19. The summed E-state index contributed by atoms with van der Waals surface area (Å²) in [6, 6.07) is 11.4. The molecule has 0 aliphatic carbocycles. The molecule has 0 aliphatic rings. The van der Waals surface area contributed by atoms with Gasteiger partial charge in [0.05, 0.1) is 0 Å². The van der Waals surface area contributed by atoms with E-state index in [1.165, 1.54) is 12.1 Å². The highest BCUT2D eigenvalue weighted by Gasteiger charge is 2.19. The fourth-order valence-electron chi connectivity index (χ4n) is 3.04. The van der Waals surface area contributed by atoms with Crippen molar-refractivity contribution in [2.24, 2.45) is 0 Å². The number of halogens is 1. The molecular weight excluding hydrogens is 389 g/mol. The number of aryl methyl sites for hydroxylation is 2. The number of benzene rings is 2. The van der Waals surface area contributed by atoms with E-state index in [1.807, 2.05) is 19.1 Å². The normalized spacial score (nSPS) is 12.0. The van der Waals surface area contributed by atoms with E-state index in [4.69, 9.17) is 13.9 Å². The average molecular weight is 413 g/mol. The quantitative estimate of drug-likeness (QED) is 0.547. The number of aliphatic carboxylic acids is 1. The Morgan fingerprint density at radius 3 is 2.57 bits per heavy atom. The summed E-state index contributed by atoms with van der Waals surface area (Å²) in [5, 5.41) is 9.26. The molecule has 0 amide bonds. The third-order valence-corrected chi connectivity index (χ3v) is 4.72. The number of carbonyl (C=O) groups is 1. The first-order valence-corrected chi connectivity index (χ1v) is 9.66. The number of aromatic nitrogens is 1. The molecule has 0 fully saturated rings. The van der Waals surface area contributed by atoms with Crippen LogP contribution in [-0.4, -0.2) is 28.8 Å². The van der Waals surface area contributed by atoms with Crippen molar-refractivity contribution in [2.45, 2.75) is 39.9 Å². The molecule has 1 aromatic heterocycles. The Kier molecular flexibility index (Phi) is 6.84. The van der Waals surface area contributed by atoms with Crippen LogP contribution in [0.3, 0.4) is 0 Å². The van der Waals surface area contributed by atoms with Crippen LogP contribution in [-0.2, 0) is 22.6 Å². The van der Waals surface area contributed by atoms with Crippen molar-refractivity contribution in [2.75, 3.05) is 6.61 Å². The van der Waals surface area contributed by atoms with Gasteiger partial charge in [-0.15, -0.1) is 0 Å². The number of nitrogens with zero attached hydrogens (tertiary/aromatic N) is 1. The summed E-state index contributed by atoms with van der Waals surface area (Å²) >= 11 is 0. The number of hydrogen-bond acceptors (Lipinski definition) is 5. The molecular formula is C23H24FNO5. The second kappa shape index (κ2) is 9.54. The second-order valence-electron chi connectivity index (χ2n) is 6.89. The van der Waals surface area contributed by atoms with E-state index < -0.39 is 12.1 Å². The van der Waals surface area contributed by atoms with E-state index in [0.717, 1.165) is 11.1 Å². The van der Waals surface area contributed by atoms with Gasteiger partial charge in [-0.3, -0.25) is 0 Å². The van der Waals surface area contributed by atoms with Crippen LogP contribution in [0, 0.1) is 19.7 Å². The fourth-order valence-corrected chi connectivity index (χ4v) is 3.04. The zero-order chi connectivity index (χ0) is 21.7. The maximum Gasteiger partial charge on any atom is 0.333 e. The number of hydrogen-bond donors (Lipinski definition) is 1. The summed E-state index contributed by atoms with van der Waals surface area (Å²) in [5.41, 5.74) is 3.15. The Morgan fingerprint density at radius 2 is 1.93 bits per heavy atom. The van der Waals surface area contributed by atoms with Gasteiger partial charge in [0.15, 0.2) is 6.10 Å². The van der Waals surface area contributed by atoms with Gasteiger partial charge in [-0.05, 0) is 68.3 Å². The zero-order valence-corrected chi connectivity index (χ0v) is 17.1. The molecule has 0 aliphatic heterocycles. The summed E-state index contributed by atoms with van der Waals surface area (Å²) in [6.07, 6.45) is -0.582. The first kappa shape index (κ1) is 21.5. The molecule has 0 radical (unpaired) electrons. The Balaban J connectivity index is 1.67. The fraction of sp³-hybridized carbons (Fsp3) is 0.304. The van der Waals surface area contributed by atoms with Crippen LogP contribution in [0.1, 0.15) is 29.5 Å². The zero-order valence-electron chi connectivity index (χ0n) is 17.1. The Labute approximate surface area is 174 Å². The van der Waals surface area contributed by atoms with E-state index >= 15 is 0 Å². The molecule has 30 heavy (non-hydrogen) atoms. The monoisotopic (exact) mass is 413 g/mol. The van der Waals surface area contributed by atoms with Crippen molar-refractivity contribution < 1.29 is 28.2 Å². The van der Waals surface area contributed by atoms with Gasteiger partial charge < -0.3 is 19.0 Å². The largest absolute Gasteiger partial charge is 0.487 e. The Morgan fingerprint density at radius 1 is 1.20 bits per heavy atom. The third-order valence-electron chi connectivity index (χ3n) is 4.72. The van der Waals surface area contributed by atoms with Crippen LogP contribution in [0.2, 0.25) is 0 Å². The topological polar surface area (TPSA) is 81.8 Å². The van der Waals surface area contributed by atoms with Gasteiger partial charge in [-0.2, -0.15) is 0 Å². The van der Waals surface area contributed by atoms with Gasteiger partial charge in [-0.1, -0.05) is 6.07 Å². The summed E-state index contributed by atoms with van der Waals surface area (Å²) in [4.78, 5) is 15.7. The molecule has 1 heterocycles. The molecule has 1 atom stereocenters. The molecule has 7 heteroatoms. The molecule has 3 rings (SSSR count). The predicted molar refractivity (Wildman–Crippen MR) is 109 cm³/mol. The SMILES string of the molecule is CCO[C@@H](Cc1ccc(OCc2nc(-c3ccc(F)cc3)oc2C)cc1C)C(=O)O. The first-order valence-electron chi connectivity index (χ1n) is 9.66. The number of oxazole rings is 1. The number of carboxylic acids is 1. The smallest absolute Gasteiger partial charge is 0.333 e. The van der Waals surface area contributed by atoms with Crippen molar-refractivity contribution in [3.8, 4) is 17.2 Å².